The number of ether oxygens (including phenoxy) is 1. The molecule has 4 bridgehead atoms. The van der Waals surface area contributed by atoms with Gasteiger partial charge < -0.3 is 15.8 Å². The lowest BCUT2D eigenvalue weighted by Gasteiger charge is -2.56. The molecule has 0 spiro atoms. The smallest absolute Gasteiger partial charge is 0.224 e. The Balaban J connectivity index is 0.00000210. The highest BCUT2D eigenvalue weighted by molar-refractivity contribution is 5.92. The number of anilines is 1. The summed E-state index contributed by atoms with van der Waals surface area (Å²) >= 11 is 0. The molecule has 150 valence electrons. The van der Waals surface area contributed by atoms with Crippen molar-refractivity contribution in [2.75, 3.05) is 18.5 Å². The van der Waals surface area contributed by atoms with Gasteiger partial charge in [-0.3, -0.25) is 4.79 Å². The maximum absolute atomic E-state index is 12.9. The monoisotopic (exact) mass is 392 g/mol. The molecule has 1 amide bonds. The van der Waals surface area contributed by atoms with E-state index in [-0.39, 0.29) is 23.7 Å². The van der Waals surface area contributed by atoms with E-state index in [2.05, 4.69) is 5.32 Å². The van der Waals surface area contributed by atoms with Crippen LogP contribution >= 0.6 is 12.4 Å². The van der Waals surface area contributed by atoms with Crippen LogP contribution in [0.25, 0.3) is 0 Å². The lowest BCUT2D eigenvalue weighted by Crippen LogP contribution is -2.47. The van der Waals surface area contributed by atoms with E-state index >= 15 is 0 Å². The first-order valence-electron chi connectivity index (χ1n) is 10.3. The summed E-state index contributed by atoms with van der Waals surface area (Å²) in [5, 5.41) is 3.17. The number of rotatable bonds is 7. The van der Waals surface area contributed by atoms with E-state index in [4.69, 9.17) is 10.5 Å². The van der Waals surface area contributed by atoms with Crippen LogP contribution in [0.1, 0.15) is 56.9 Å². The molecule has 4 nitrogen and oxygen atoms in total. The van der Waals surface area contributed by atoms with Gasteiger partial charge in [-0.1, -0.05) is 6.07 Å². The number of carbonyl (C=O) groups excluding carboxylic acids is 1. The van der Waals surface area contributed by atoms with Crippen LogP contribution in [-0.4, -0.2) is 19.1 Å². The van der Waals surface area contributed by atoms with Crippen molar-refractivity contribution in [2.45, 2.75) is 58.3 Å². The molecule has 0 radical (unpaired) electrons. The molecule has 5 rings (SSSR count). The lowest BCUT2D eigenvalue weighted by molar-refractivity contribution is -0.124. The van der Waals surface area contributed by atoms with Crippen LogP contribution in [0.3, 0.4) is 0 Å². The molecule has 27 heavy (non-hydrogen) atoms. The molecule has 1 aromatic rings. The Labute approximate surface area is 169 Å². The van der Waals surface area contributed by atoms with Gasteiger partial charge in [0.1, 0.15) is 5.75 Å². The second-order valence-electron chi connectivity index (χ2n) is 9.06. The maximum Gasteiger partial charge on any atom is 0.224 e. The van der Waals surface area contributed by atoms with E-state index in [1.807, 2.05) is 25.1 Å². The molecule has 4 saturated carbocycles. The number of nitrogens with one attached hydrogen (secondary N) is 1. The van der Waals surface area contributed by atoms with Gasteiger partial charge in [-0.25, -0.2) is 0 Å². The zero-order valence-corrected chi connectivity index (χ0v) is 17.2. The Bertz CT molecular complexity index is 641. The van der Waals surface area contributed by atoms with Crippen LogP contribution < -0.4 is 15.8 Å². The van der Waals surface area contributed by atoms with E-state index in [0.717, 1.165) is 41.2 Å². The highest BCUT2D eigenvalue weighted by atomic mass is 35.5. The second-order valence-corrected chi connectivity index (χ2v) is 9.06. The van der Waals surface area contributed by atoms with Crippen molar-refractivity contribution in [3.8, 4) is 5.75 Å². The van der Waals surface area contributed by atoms with Crippen molar-refractivity contribution >= 4 is 24.0 Å². The number of carbonyl (C=O) groups is 1. The third kappa shape index (κ3) is 4.43. The minimum absolute atomic E-state index is 0. The number of amides is 1. The highest BCUT2D eigenvalue weighted by Gasteiger charge is 2.51. The fraction of sp³-hybridized carbons (Fsp3) is 0.682. The van der Waals surface area contributed by atoms with Gasteiger partial charge in [0.15, 0.2) is 0 Å². The molecule has 4 aliphatic rings. The molecule has 4 aliphatic carbocycles. The molecule has 0 atom stereocenters. The van der Waals surface area contributed by atoms with Crippen LogP contribution in [0, 0.1) is 30.1 Å². The Kier molecular flexibility index (Phi) is 6.37. The molecule has 0 heterocycles. The fourth-order valence-corrected chi connectivity index (χ4v) is 6.21. The van der Waals surface area contributed by atoms with Gasteiger partial charge in [-0.05, 0) is 93.7 Å². The minimum atomic E-state index is 0. The Morgan fingerprint density at radius 3 is 2.41 bits per heavy atom. The van der Waals surface area contributed by atoms with Crippen LogP contribution in [0.4, 0.5) is 5.69 Å². The third-order valence-electron chi connectivity index (χ3n) is 6.86. The molecular weight excluding hydrogens is 360 g/mol. The summed E-state index contributed by atoms with van der Waals surface area (Å²) in [6, 6.07) is 5.88. The maximum atomic E-state index is 12.9. The number of hydrogen-bond donors (Lipinski definition) is 2. The second kappa shape index (κ2) is 8.40. The molecule has 4 fully saturated rings. The van der Waals surface area contributed by atoms with E-state index < -0.39 is 0 Å². The van der Waals surface area contributed by atoms with Crippen LogP contribution in [-0.2, 0) is 4.79 Å². The summed E-state index contributed by atoms with van der Waals surface area (Å²) in [5.74, 6) is 3.67. The first-order valence-corrected chi connectivity index (χ1v) is 10.3. The van der Waals surface area contributed by atoms with Gasteiger partial charge in [0.05, 0.1) is 6.61 Å². The van der Waals surface area contributed by atoms with Gasteiger partial charge in [-0.15, -0.1) is 12.4 Å². The van der Waals surface area contributed by atoms with Crippen molar-refractivity contribution in [3.05, 3.63) is 23.8 Å². The minimum Gasteiger partial charge on any atom is -0.493 e. The Morgan fingerprint density at radius 2 is 1.81 bits per heavy atom. The van der Waals surface area contributed by atoms with Crippen molar-refractivity contribution in [2.24, 2.45) is 28.9 Å². The van der Waals surface area contributed by atoms with Gasteiger partial charge in [-0.2, -0.15) is 0 Å². The van der Waals surface area contributed by atoms with Crippen LogP contribution in [0.15, 0.2) is 18.2 Å². The predicted molar refractivity (Wildman–Crippen MR) is 111 cm³/mol. The van der Waals surface area contributed by atoms with Gasteiger partial charge in [0.25, 0.3) is 0 Å². The summed E-state index contributed by atoms with van der Waals surface area (Å²) in [6.45, 7) is 3.25. The molecule has 0 unspecified atom stereocenters. The van der Waals surface area contributed by atoms with Gasteiger partial charge in [0, 0.05) is 17.7 Å². The Morgan fingerprint density at radius 1 is 1.19 bits per heavy atom. The first-order chi connectivity index (χ1) is 12.6. The molecule has 0 aromatic heterocycles. The normalized spacial score (nSPS) is 30.7. The molecular formula is C22H33ClN2O2. The predicted octanol–water partition coefficient (Wildman–Crippen LogP) is 4.69. The molecule has 5 heteroatoms. The molecule has 3 N–H and O–H groups in total. The van der Waals surface area contributed by atoms with E-state index in [1.54, 1.807) is 0 Å². The van der Waals surface area contributed by atoms with Crippen molar-refractivity contribution < 1.29 is 9.53 Å². The zero-order valence-electron chi connectivity index (χ0n) is 16.3. The Hall–Kier alpha value is -1.26. The fourth-order valence-electron chi connectivity index (χ4n) is 6.21. The van der Waals surface area contributed by atoms with Gasteiger partial charge in [0.2, 0.25) is 5.91 Å². The number of benzene rings is 1. The van der Waals surface area contributed by atoms with Gasteiger partial charge >= 0.3 is 0 Å². The van der Waals surface area contributed by atoms with Crippen LogP contribution in [0.2, 0.25) is 0 Å². The SMILES string of the molecule is Cc1c(NC(=O)CC23CC4CC(CC(C4)C2)C3)cccc1OCCCN.Cl. The van der Waals surface area contributed by atoms with Crippen molar-refractivity contribution in [1.29, 1.82) is 0 Å². The van der Waals surface area contributed by atoms with Crippen LogP contribution in [0.5, 0.6) is 5.75 Å². The largest absolute Gasteiger partial charge is 0.493 e. The van der Waals surface area contributed by atoms with E-state index in [0.29, 0.717) is 19.6 Å². The summed E-state index contributed by atoms with van der Waals surface area (Å²) < 4.78 is 5.80. The van der Waals surface area contributed by atoms with Crippen molar-refractivity contribution in [3.63, 3.8) is 0 Å². The first kappa shape index (κ1) is 20.5. The highest BCUT2D eigenvalue weighted by Crippen LogP contribution is 2.61. The quantitative estimate of drug-likeness (QED) is 0.661. The summed E-state index contributed by atoms with van der Waals surface area (Å²) in [7, 11) is 0. The number of halogens is 1. The molecule has 0 aliphatic heterocycles. The third-order valence-corrected chi connectivity index (χ3v) is 6.86. The molecule has 0 saturated heterocycles. The lowest BCUT2D eigenvalue weighted by atomic mass is 9.49. The summed E-state index contributed by atoms with van der Waals surface area (Å²) in [4.78, 5) is 12.9. The summed E-state index contributed by atoms with van der Waals surface area (Å²) in [6.07, 6.45) is 9.59. The zero-order chi connectivity index (χ0) is 18.1. The number of nitrogens with two attached hydrogens (primary N) is 1. The average molecular weight is 393 g/mol. The summed E-state index contributed by atoms with van der Waals surface area (Å²) in [5.41, 5.74) is 7.69. The average Bonchev–Trinajstić information content (AvgIpc) is 2.56. The topological polar surface area (TPSA) is 64.3 Å². The van der Waals surface area contributed by atoms with Crippen molar-refractivity contribution in [1.82, 2.24) is 0 Å². The standard InChI is InChI=1S/C22H32N2O2.ClH/c1-15-19(4-2-5-20(15)26-7-3-6-23)24-21(25)14-22-11-16-8-17(12-22)10-18(9-16)13-22;/h2,4-5,16-18H,3,6-14,23H2,1H3,(H,24,25);1H. The number of hydrogen-bond acceptors (Lipinski definition) is 3. The van der Waals surface area contributed by atoms with E-state index in [1.165, 1.54) is 38.5 Å². The van der Waals surface area contributed by atoms with E-state index in [9.17, 15) is 4.79 Å². The molecule has 1 aromatic carbocycles.